The average Bonchev–Trinajstić information content (AvgIpc) is 2.99. The fourth-order valence-electron chi connectivity index (χ4n) is 3.59. The van der Waals surface area contributed by atoms with Crippen LogP contribution in [0.25, 0.3) is 5.57 Å². The number of amides is 1. The van der Waals surface area contributed by atoms with Crippen molar-refractivity contribution in [3.63, 3.8) is 0 Å². The molecule has 1 N–H and O–H groups in total. The molecule has 29 heavy (non-hydrogen) atoms. The van der Waals surface area contributed by atoms with E-state index >= 15 is 0 Å². The summed E-state index contributed by atoms with van der Waals surface area (Å²) in [6.45, 7) is 0.363. The Morgan fingerprint density at radius 2 is 1.83 bits per heavy atom. The first-order valence-corrected chi connectivity index (χ1v) is 9.90. The van der Waals surface area contributed by atoms with E-state index in [1.165, 1.54) is 0 Å². The van der Waals surface area contributed by atoms with E-state index in [1.54, 1.807) is 24.4 Å². The number of carbonyl (C=O) groups excluding carboxylic acids is 1. The average molecular weight is 451 g/mol. The summed E-state index contributed by atoms with van der Waals surface area (Å²) in [5.41, 5.74) is 3.22. The molecule has 5 nitrogen and oxygen atoms in total. The van der Waals surface area contributed by atoms with Crippen molar-refractivity contribution in [3.05, 3.63) is 100.0 Å². The highest BCUT2D eigenvalue weighted by atomic mass is 79.9. The van der Waals surface area contributed by atoms with Crippen LogP contribution in [0.2, 0.25) is 0 Å². The Bertz CT molecular complexity index is 1060. The molecule has 0 aliphatic carbocycles. The van der Waals surface area contributed by atoms with Crippen molar-refractivity contribution in [2.45, 2.75) is 12.6 Å². The zero-order valence-corrected chi connectivity index (χ0v) is 17.3. The van der Waals surface area contributed by atoms with Gasteiger partial charge in [0.15, 0.2) is 5.76 Å². The topological polar surface area (TPSA) is 62.7 Å². The summed E-state index contributed by atoms with van der Waals surface area (Å²) >= 11 is 3.51. The third kappa shape index (κ3) is 3.76. The summed E-state index contributed by atoms with van der Waals surface area (Å²) in [6.07, 6.45) is 3.39. The molecule has 0 saturated heterocycles. The Kier molecular flexibility index (Phi) is 5.36. The zero-order chi connectivity index (χ0) is 20.4. The lowest BCUT2D eigenvalue weighted by molar-refractivity contribution is -0.130. The lowest BCUT2D eigenvalue weighted by Gasteiger charge is -2.27. The molecular weight excluding hydrogens is 432 g/mol. The molecule has 0 fully saturated rings. The molecule has 1 aliphatic rings. The number of pyridine rings is 1. The molecule has 1 aromatic heterocycles. The summed E-state index contributed by atoms with van der Waals surface area (Å²) in [5.74, 6) is 0.0950. The normalized spacial score (nSPS) is 16.4. The van der Waals surface area contributed by atoms with Gasteiger partial charge in [0.2, 0.25) is 0 Å². The maximum atomic E-state index is 13.1. The maximum Gasteiger partial charge on any atom is 0.290 e. The van der Waals surface area contributed by atoms with Gasteiger partial charge in [-0.15, -0.1) is 0 Å². The third-order valence-corrected chi connectivity index (χ3v) is 5.46. The molecule has 1 atom stereocenters. The number of hydrogen-bond acceptors (Lipinski definition) is 4. The Hall–Kier alpha value is -3.12. The number of carbonyl (C=O) groups is 1. The number of nitrogens with zero attached hydrogens (tertiary/aromatic N) is 2. The van der Waals surface area contributed by atoms with Gasteiger partial charge in [-0.05, 0) is 53.1 Å². The van der Waals surface area contributed by atoms with Crippen LogP contribution in [0.1, 0.15) is 22.7 Å². The van der Waals surface area contributed by atoms with Crippen LogP contribution in [-0.4, -0.2) is 28.0 Å². The van der Waals surface area contributed by atoms with Crippen molar-refractivity contribution in [2.75, 3.05) is 7.11 Å². The number of aliphatic hydroxyl groups is 1. The van der Waals surface area contributed by atoms with E-state index in [2.05, 4.69) is 20.9 Å². The minimum absolute atomic E-state index is 0.228. The molecule has 0 saturated carbocycles. The van der Waals surface area contributed by atoms with Gasteiger partial charge >= 0.3 is 0 Å². The van der Waals surface area contributed by atoms with Gasteiger partial charge in [0.05, 0.1) is 13.2 Å². The zero-order valence-electron chi connectivity index (χ0n) is 15.7. The van der Waals surface area contributed by atoms with E-state index in [0.717, 1.165) is 21.2 Å². The van der Waals surface area contributed by atoms with Crippen molar-refractivity contribution < 1.29 is 14.6 Å². The third-order valence-electron chi connectivity index (χ3n) is 4.97. The van der Waals surface area contributed by atoms with E-state index in [0.29, 0.717) is 17.9 Å². The molecular formula is C23H19BrN2O3. The van der Waals surface area contributed by atoms with Crippen molar-refractivity contribution in [3.8, 4) is 5.75 Å². The van der Waals surface area contributed by atoms with Crippen LogP contribution in [0.15, 0.2) is 83.3 Å². The molecule has 6 heteroatoms. The lowest BCUT2D eigenvalue weighted by Crippen LogP contribution is -2.29. The van der Waals surface area contributed by atoms with Crippen molar-refractivity contribution >= 4 is 27.4 Å². The highest BCUT2D eigenvalue weighted by molar-refractivity contribution is 9.10. The van der Waals surface area contributed by atoms with Crippen LogP contribution < -0.4 is 4.74 Å². The number of hydrogen-bond donors (Lipinski definition) is 1. The van der Waals surface area contributed by atoms with Crippen LogP contribution in [0, 0.1) is 0 Å². The molecule has 0 bridgehead atoms. The standard InChI is InChI=1S/C23H19BrN2O3/c1-29-19-7-5-16(6-8-19)20-21(17-3-2-4-18(24)13-17)26(23(28)22(20)27)14-15-9-11-25-12-10-15/h2-13,21,27H,14H2,1H3/t21-/m1/s1. The lowest BCUT2D eigenvalue weighted by atomic mass is 9.93. The van der Waals surface area contributed by atoms with E-state index in [4.69, 9.17) is 4.74 Å². The largest absolute Gasteiger partial charge is 0.503 e. The molecule has 146 valence electrons. The first kappa shape index (κ1) is 19.2. The highest BCUT2D eigenvalue weighted by Gasteiger charge is 2.41. The number of halogens is 1. The number of aromatic nitrogens is 1. The van der Waals surface area contributed by atoms with Gasteiger partial charge in [0.1, 0.15) is 5.75 Å². The van der Waals surface area contributed by atoms with Gasteiger partial charge in [0.25, 0.3) is 5.91 Å². The first-order chi connectivity index (χ1) is 14.1. The maximum absolute atomic E-state index is 13.1. The second-order valence-corrected chi connectivity index (χ2v) is 7.65. The summed E-state index contributed by atoms with van der Waals surface area (Å²) in [6, 6.07) is 18.5. The number of aliphatic hydroxyl groups excluding tert-OH is 1. The van der Waals surface area contributed by atoms with Gasteiger partial charge in [-0.3, -0.25) is 9.78 Å². The Morgan fingerprint density at radius 3 is 2.48 bits per heavy atom. The van der Waals surface area contributed by atoms with E-state index in [-0.39, 0.29) is 5.76 Å². The van der Waals surface area contributed by atoms with Crippen LogP contribution in [0.4, 0.5) is 0 Å². The Balaban J connectivity index is 1.81. The molecule has 2 aromatic carbocycles. The van der Waals surface area contributed by atoms with Crippen molar-refractivity contribution in [1.29, 1.82) is 0 Å². The van der Waals surface area contributed by atoms with Gasteiger partial charge < -0.3 is 14.7 Å². The quantitative estimate of drug-likeness (QED) is 0.599. The molecule has 3 aromatic rings. The summed E-state index contributed by atoms with van der Waals surface area (Å²) in [5, 5.41) is 10.8. The number of rotatable bonds is 5. The predicted octanol–water partition coefficient (Wildman–Crippen LogP) is 4.91. The number of benzene rings is 2. The molecule has 0 radical (unpaired) electrons. The van der Waals surface area contributed by atoms with Crippen LogP contribution in [0.5, 0.6) is 5.75 Å². The van der Waals surface area contributed by atoms with E-state index < -0.39 is 11.9 Å². The van der Waals surface area contributed by atoms with Gasteiger partial charge in [-0.25, -0.2) is 0 Å². The Morgan fingerprint density at radius 1 is 1.10 bits per heavy atom. The van der Waals surface area contributed by atoms with Gasteiger partial charge in [0, 0.05) is 29.0 Å². The summed E-state index contributed by atoms with van der Waals surface area (Å²) in [4.78, 5) is 18.8. The molecule has 1 aliphatic heterocycles. The van der Waals surface area contributed by atoms with Gasteiger partial charge in [-0.1, -0.05) is 40.2 Å². The van der Waals surface area contributed by atoms with Crippen molar-refractivity contribution in [2.24, 2.45) is 0 Å². The highest BCUT2D eigenvalue weighted by Crippen LogP contribution is 2.44. The van der Waals surface area contributed by atoms with Crippen LogP contribution in [-0.2, 0) is 11.3 Å². The summed E-state index contributed by atoms with van der Waals surface area (Å²) in [7, 11) is 1.60. The molecule has 2 heterocycles. The number of methoxy groups -OCH3 is 1. The molecule has 1 amide bonds. The second-order valence-electron chi connectivity index (χ2n) is 6.74. The minimum Gasteiger partial charge on any atom is -0.503 e. The smallest absolute Gasteiger partial charge is 0.290 e. The SMILES string of the molecule is COc1ccc(C2=C(O)C(=O)N(Cc3ccncc3)[C@@H]2c2cccc(Br)c2)cc1. The van der Waals surface area contributed by atoms with Gasteiger partial charge in [-0.2, -0.15) is 0 Å². The van der Waals surface area contributed by atoms with Crippen LogP contribution >= 0.6 is 15.9 Å². The van der Waals surface area contributed by atoms with Crippen LogP contribution in [0.3, 0.4) is 0 Å². The fraction of sp³-hybridized carbons (Fsp3) is 0.130. The second kappa shape index (κ2) is 8.09. The number of ether oxygens (including phenoxy) is 1. The van der Waals surface area contributed by atoms with E-state index in [9.17, 15) is 9.90 Å². The fourth-order valence-corrected chi connectivity index (χ4v) is 4.01. The molecule has 0 unspecified atom stereocenters. The monoisotopic (exact) mass is 450 g/mol. The summed E-state index contributed by atoms with van der Waals surface area (Å²) < 4.78 is 6.15. The van der Waals surface area contributed by atoms with E-state index in [1.807, 2.05) is 60.7 Å². The van der Waals surface area contributed by atoms with Crippen molar-refractivity contribution in [1.82, 2.24) is 9.88 Å². The predicted molar refractivity (Wildman–Crippen MR) is 114 cm³/mol. The molecule has 4 rings (SSSR count). The Labute approximate surface area is 177 Å². The molecule has 0 spiro atoms. The minimum atomic E-state index is -0.415. The first-order valence-electron chi connectivity index (χ1n) is 9.11.